The van der Waals surface area contributed by atoms with Crippen LogP contribution in [0.4, 0.5) is 0 Å². The minimum Gasteiger partial charge on any atom is -0.478 e. The van der Waals surface area contributed by atoms with E-state index in [1.54, 1.807) is 24.3 Å². The van der Waals surface area contributed by atoms with Crippen molar-refractivity contribution in [1.82, 2.24) is 0 Å². The first-order chi connectivity index (χ1) is 6.29. The van der Waals surface area contributed by atoms with Gasteiger partial charge in [0.05, 0.1) is 7.11 Å². The van der Waals surface area contributed by atoms with Gasteiger partial charge in [-0.05, 0) is 0 Å². The van der Waals surface area contributed by atoms with Crippen LogP contribution in [0.3, 0.4) is 0 Å². The van der Waals surface area contributed by atoms with Crippen molar-refractivity contribution in [3.63, 3.8) is 0 Å². The van der Waals surface area contributed by atoms with Gasteiger partial charge in [-0.2, -0.15) is 0 Å². The molecule has 0 aliphatic carbocycles. The number of nitrogens with zero attached hydrogens (tertiary/aromatic N) is 1. The molecule has 0 saturated carbocycles. The molecule has 0 aliphatic heterocycles. The highest BCUT2D eigenvalue weighted by Gasteiger charge is 2.12. The van der Waals surface area contributed by atoms with E-state index < -0.39 is 0 Å². The van der Waals surface area contributed by atoms with E-state index in [4.69, 9.17) is 4.74 Å². The zero-order valence-corrected chi connectivity index (χ0v) is 7.65. The third-order valence-corrected chi connectivity index (χ3v) is 1.63. The molecule has 0 spiro atoms. The van der Waals surface area contributed by atoms with Gasteiger partial charge < -0.3 is 4.74 Å². The van der Waals surface area contributed by atoms with Crippen molar-refractivity contribution in [3.05, 3.63) is 35.9 Å². The van der Waals surface area contributed by atoms with E-state index in [1.165, 1.54) is 14.2 Å². The Labute approximate surface area is 77.1 Å². The van der Waals surface area contributed by atoms with Crippen molar-refractivity contribution >= 4 is 11.7 Å². The van der Waals surface area contributed by atoms with Crippen LogP contribution in [-0.4, -0.2) is 25.8 Å². The zero-order chi connectivity index (χ0) is 9.68. The molecular formula is C10H11NO2. The number of carbonyl (C=O) groups is 1. The summed E-state index contributed by atoms with van der Waals surface area (Å²) in [6.45, 7) is 0. The lowest BCUT2D eigenvalue weighted by atomic mass is 10.1. The number of hydrogen-bond acceptors (Lipinski definition) is 3. The van der Waals surface area contributed by atoms with E-state index in [0.717, 1.165) is 0 Å². The van der Waals surface area contributed by atoms with E-state index in [9.17, 15) is 4.79 Å². The molecule has 3 heteroatoms. The molecule has 1 aromatic rings. The van der Waals surface area contributed by atoms with Crippen molar-refractivity contribution in [2.75, 3.05) is 14.2 Å². The number of Topliss-reactive ketones (excluding diaryl/α,β-unsaturated/α-hetero) is 1. The number of aliphatic imine (C=N–C) groups is 1. The number of rotatable bonds is 2. The van der Waals surface area contributed by atoms with Gasteiger partial charge in [-0.25, -0.2) is 0 Å². The van der Waals surface area contributed by atoms with E-state index in [2.05, 4.69) is 4.99 Å². The SMILES string of the molecule is CN=C(OC)C(=O)c1ccccc1. The van der Waals surface area contributed by atoms with Gasteiger partial charge in [0, 0.05) is 12.6 Å². The number of methoxy groups -OCH3 is 1. The average molecular weight is 177 g/mol. The Morgan fingerprint density at radius 3 is 2.38 bits per heavy atom. The molecule has 0 aliphatic rings. The van der Waals surface area contributed by atoms with Crippen LogP contribution < -0.4 is 0 Å². The number of benzene rings is 1. The number of ketones is 1. The first-order valence-electron chi connectivity index (χ1n) is 3.90. The zero-order valence-electron chi connectivity index (χ0n) is 7.65. The molecule has 3 nitrogen and oxygen atoms in total. The Hall–Kier alpha value is -1.64. The van der Waals surface area contributed by atoms with Crippen molar-refractivity contribution in [3.8, 4) is 0 Å². The summed E-state index contributed by atoms with van der Waals surface area (Å²) < 4.78 is 4.82. The highest BCUT2D eigenvalue weighted by atomic mass is 16.5. The quantitative estimate of drug-likeness (QED) is 0.390. The number of hydrogen-bond donors (Lipinski definition) is 0. The maximum Gasteiger partial charge on any atom is 0.257 e. The first-order valence-corrected chi connectivity index (χ1v) is 3.90. The Morgan fingerprint density at radius 1 is 1.31 bits per heavy atom. The molecule has 68 valence electrons. The fraction of sp³-hybridized carbons (Fsp3) is 0.200. The largest absolute Gasteiger partial charge is 0.478 e. The summed E-state index contributed by atoms with van der Waals surface area (Å²) in [6, 6.07) is 8.91. The van der Waals surface area contributed by atoms with Crippen LogP contribution in [0.15, 0.2) is 35.3 Å². The molecule has 0 atom stereocenters. The lowest BCUT2D eigenvalue weighted by Crippen LogP contribution is -2.15. The van der Waals surface area contributed by atoms with Gasteiger partial charge in [-0.1, -0.05) is 30.3 Å². The molecule has 0 N–H and O–H groups in total. The lowest BCUT2D eigenvalue weighted by Gasteiger charge is -2.01. The predicted molar refractivity (Wildman–Crippen MR) is 51.1 cm³/mol. The molecule has 0 radical (unpaired) electrons. The predicted octanol–water partition coefficient (Wildman–Crippen LogP) is 1.54. The maximum atomic E-state index is 11.6. The summed E-state index contributed by atoms with van der Waals surface area (Å²) in [5.41, 5.74) is 0.588. The van der Waals surface area contributed by atoms with Gasteiger partial charge in [0.2, 0.25) is 5.78 Å². The first kappa shape index (κ1) is 9.45. The van der Waals surface area contributed by atoms with Gasteiger partial charge >= 0.3 is 0 Å². The van der Waals surface area contributed by atoms with Crippen LogP contribution in [0.1, 0.15) is 10.4 Å². The summed E-state index contributed by atoms with van der Waals surface area (Å²) in [6.07, 6.45) is 0. The topological polar surface area (TPSA) is 38.7 Å². The molecule has 0 bridgehead atoms. The van der Waals surface area contributed by atoms with Crippen molar-refractivity contribution in [1.29, 1.82) is 0 Å². The van der Waals surface area contributed by atoms with Crippen LogP contribution in [0, 0.1) is 0 Å². The lowest BCUT2D eigenvalue weighted by molar-refractivity contribution is 0.103. The standard InChI is InChI=1S/C10H11NO2/c1-11-10(13-2)9(12)8-6-4-3-5-7-8/h3-7H,1-2H3. The molecule has 0 aromatic heterocycles. The van der Waals surface area contributed by atoms with Gasteiger partial charge in [-0.3, -0.25) is 9.79 Å². The van der Waals surface area contributed by atoms with Crippen molar-refractivity contribution < 1.29 is 9.53 Å². The second-order valence-electron chi connectivity index (χ2n) is 2.43. The molecule has 1 rings (SSSR count). The Kier molecular flexibility index (Phi) is 3.20. The third-order valence-electron chi connectivity index (χ3n) is 1.63. The van der Waals surface area contributed by atoms with Crippen molar-refractivity contribution in [2.24, 2.45) is 4.99 Å². The average Bonchev–Trinajstić information content (AvgIpc) is 2.21. The Morgan fingerprint density at radius 2 is 1.92 bits per heavy atom. The molecule has 0 heterocycles. The summed E-state index contributed by atoms with van der Waals surface area (Å²) in [7, 11) is 2.96. The fourth-order valence-electron chi connectivity index (χ4n) is 0.999. The second kappa shape index (κ2) is 4.40. The summed E-state index contributed by atoms with van der Waals surface area (Å²) in [4.78, 5) is 15.3. The fourth-order valence-corrected chi connectivity index (χ4v) is 0.999. The minimum atomic E-state index is -0.189. The smallest absolute Gasteiger partial charge is 0.257 e. The van der Waals surface area contributed by atoms with E-state index in [0.29, 0.717) is 5.56 Å². The molecule has 0 amide bonds. The van der Waals surface area contributed by atoms with Crippen LogP contribution in [0.25, 0.3) is 0 Å². The van der Waals surface area contributed by atoms with Gasteiger partial charge in [0.15, 0.2) is 0 Å². The highest BCUT2D eigenvalue weighted by Crippen LogP contribution is 2.01. The third kappa shape index (κ3) is 2.15. The van der Waals surface area contributed by atoms with E-state index in [1.807, 2.05) is 6.07 Å². The van der Waals surface area contributed by atoms with Gasteiger partial charge in [0.1, 0.15) is 0 Å². The number of carbonyl (C=O) groups excluding carboxylic acids is 1. The summed E-state index contributed by atoms with van der Waals surface area (Å²) in [5.74, 6) is -0.0585. The van der Waals surface area contributed by atoms with Crippen LogP contribution in [-0.2, 0) is 4.74 Å². The minimum absolute atomic E-state index is 0.131. The maximum absolute atomic E-state index is 11.6. The molecule has 13 heavy (non-hydrogen) atoms. The van der Waals surface area contributed by atoms with E-state index >= 15 is 0 Å². The molecule has 0 fully saturated rings. The van der Waals surface area contributed by atoms with Crippen LogP contribution in [0.5, 0.6) is 0 Å². The normalized spacial score (nSPS) is 11.1. The highest BCUT2D eigenvalue weighted by molar-refractivity contribution is 6.42. The molecule has 0 unspecified atom stereocenters. The summed E-state index contributed by atoms with van der Waals surface area (Å²) >= 11 is 0. The second-order valence-corrected chi connectivity index (χ2v) is 2.43. The van der Waals surface area contributed by atoms with Crippen LogP contribution >= 0.6 is 0 Å². The molecular weight excluding hydrogens is 166 g/mol. The monoisotopic (exact) mass is 177 g/mol. The Balaban J connectivity index is 2.92. The van der Waals surface area contributed by atoms with Crippen molar-refractivity contribution in [2.45, 2.75) is 0 Å². The summed E-state index contributed by atoms with van der Waals surface area (Å²) in [5, 5.41) is 0. The van der Waals surface area contributed by atoms with Gasteiger partial charge in [-0.15, -0.1) is 0 Å². The molecule has 0 saturated heterocycles. The number of ether oxygens (including phenoxy) is 1. The van der Waals surface area contributed by atoms with Crippen LogP contribution in [0.2, 0.25) is 0 Å². The van der Waals surface area contributed by atoms with Gasteiger partial charge in [0.25, 0.3) is 5.90 Å². The Bertz CT molecular complexity index is 317. The van der Waals surface area contributed by atoms with E-state index in [-0.39, 0.29) is 11.7 Å². The molecule has 1 aromatic carbocycles.